The van der Waals surface area contributed by atoms with Gasteiger partial charge < -0.3 is 9.31 Å². The van der Waals surface area contributed by atoms with Crippen LogP contribution in [0, 0.1) is 5.82 Å². The third kappa shape index (κ3) is 2.10. The molecule has 0 aliphatic carbocycles. The molecule has 1 aliphatic rings. The zero-order chi connectivity index (χ0) is 17.1. The van der Waals surface area contributed by atoms with Crippen LogP contribution in [-0.2, 0) is 9.31 Å². The predicted octanol–water partition coefficient (Wildman–Crippen LogP) is 2.39. The molecule has 0 spiro atoms. The standard InChI is InChI=1S/C16H18BFN4O2/c1-15(2)16(3,4)24-17(23-15)11-5-12(18)13(9-6-19-20-7-9)10-8-21-22-14(10)11/h5-8H,1-4H3,(H,19,20)(H,21,22). The van der Waals surface area contributed by atoms with Crippen molar-refractivity contribution in [2.75, 3.05) is 0 Å². The lowest BCUT2D eigenvalue weighted by Gasteiger charge is -2.32. The zero-order valence-electron chi connectivity index (χ0n) is 14.0. The predicted molar refractivity (Wildman–Crippen MR) is 89.3 cm³/mol. The minimum atomic E-state index is -0.661. The van der Waals surface area contributed by atoms with Crippen LogP contribution in [0.3, 0.4) is 0 Å². The summed E-state index contributed by atoms with van der Waals surface area (Å²) in [5, 5.41) is 14.3. The van der Waals surface area contributed by atoms with Crippen LogP contribution >= 0.6 is 0 Å². The number of H-pyrrole nitrogens is 2. The molecule has 0 bridgehead atoms. The summed E-state index contributed by atoms with van der Waals surface area (Å²) in [7, 11) is -0.661. The first-order valence-electron chi connectivity index (χ1n) is 7.80. The second kappa shape index (κ2) is 4.91. The number of nitrogens with zero attached hydrogens (tertiary/aromatic N) is 2. The van der Waals surface area contributed by atoms with E-state index in [2.05, 4.69) is 20.4 Å². The molecule has 6 nitrogen and oxygen atoms in total. The van der Waals surface area contributed by atoms with Crippen molar-refractivity contribution in [2.45, 2.75) is 38.9 Å². The molecule has 0 atom stereocenters. The van der Waals surface area contributed by atoms with E-state index in [-0.39, 0.29) is 5.82 Å². The van der Waals surface area contributed by atoms with Crippen LogP contribution in [0.2, 0.25) is 0 Å². The van der Waals surface area contributed by atoms with Crippen LogP contribution in [0.1, 0.15) is 27.7 Å². The van der Waals surface area contributed by atoms with E-state index in [4.69, 9.17) is 9.31 Å². The molecule has 1 fully saturated rings. The van der Waals surface area contributed by atoms with Gasteiger partial charge in [-0.2, -0.15) is 10.2 Å². The Labute approximate surface area is 138 Å². The van der Waals surface area contributed by atoms with Gasteiger partial charge in [-0.3, -0.25) is 10.2 Å². The summed E-state index contributed by atoms with van der Waals surface area (Å²) in [6, 6.07) is 1.45. The summed E-state index contributed by atoms with van der Waals surface area (Å²) in [5.41, 5.74) is 1.43. The fourth-order valence-corrected chi connectivity index (χ4v) is 2.94. The van der Waals surface area contributed by atoms with Gasteiger partial charge in [0.2, 0.25) is 0 Å². The number of hydrogen-bond donors (Lipinski definition) is 2. The molecule has 0 saturated carbocycles. The van der Waals surface area contributed by atoms with E-state index in [0.29, 0.717) is 27.5 Å². The molecule has 124 valence electrons. The molecule has 2 N–H and O–H groups in total. The second-order valence-electron chi connectivity index (χ2n) is 7.06. The lowest BCUT2D eigenvalue weighted by atomic mass is 9.77. The highest BCUT2D eigenvalue weighted by Gasteiger charge is 2.52. The summed E-state index contributed by atoms with van der Waals surface area (Å²) in [5.74, 6) is -0.366. The SMILES string of the molecule is CC1(C)OB(c2cc(F)c(-c3cn[nH]c3)c3cn[nH]c23)OC1(C)C. The van der Waals surface area contributed by atoms with Crippen molar-refractivity contribution in [3.8, 4) is 11.1 Å². The lowest BCUT2D eigenvalue weighted by molar-refractivity contribution is 0.00578. The Morgan fingerprint density at radius 2 is 1.79 bits per heavy atom. The highest BCUT2D eigenvalue weighted by molar-refractivity contribution is 6.65. The molecule has 3 aromatic rings. The maximum atomic E-state index is 14.9. The average molecular weight is 328 g/mol. The van der Waals surface area contributed by atoms with Gasteiger partial charge in [0, 0.05) is 28.2 Å². The topological polar surface area (TPSA) is 75.8 Å². The Hall–Kier alpha value is -2.19. The minimum Gasteiger partial charge on any atom is -0.399 e. The van der Waals surface area contributed by atoms with Gasteiger partial charge >= 0.3 is 7.12 Å². The van der Waals surface area contributed by atoms with Crippen LogP contribution in [0.4, 0.5) is 4.39 Å². The van der Waals surface area contributed by atoms with Gasteiger partial charge in [0.1, 0.15) is 5.82 Å². The number of fused-ring (bicyclic) bond motifs is 1. The quantitative estimate of drug-likeness (QED) is 0.708. The molecule has 2 aromatic heterocycles. The van der Waals surface area contributed by atoms with Crippen LogP contribution < -0.4 is 5.46 Å². The summed E-state index contributed by atoms with van der Waals surface area (Å²) < 4.78 is 27.0. The second-order valence-corrected chi connectivity index (χ2v) is 7.06. The van der Waals surface area contributed by atoms with Gasteiger partial charge in [0.05, 0.1) is 29.1 Å². The van der Waals surface area contributed by atoms with Crippen molar-refractivity contribution >= 4 is 23.5 Å². The molecular formula is C16H18BFN4O2. The molecule has 0 amide bonds. The van der Waals surface area contributed by atoms with E-state index in [9.17, 15) is 4.39 Å². The number of aromatic amines is 2. The van der Waals surface area contributed by atoms with Crippen molar-refractivity contribution in [2.24, 2.45) is 0 Å². The third-order valence-corrected chi connectivity index (χ3v) is 5.01. The first-order chi connectivity index (χ1) is 11.3. The van der Waals surface area contributed by atoms with Gasteiger partial charge in [-0.25, -0.2) is 4.39 Å². The molecule has 0 radical (unpaired) electrons. The Balaban J connectivity index is 1.88. The van der Waals surface area contributed by atoms with Crippen molar-refractivity contribution in [3.63, 3.8) is 0 Å². The van der Waals surface area contributed by atoms with Gasteiger partial charge in [0.25, 0.3) is 0 Å². The highest BCUT2D eigenvalue weighted by Crippen LogP contribution is 2.38. The first kappa shape index (κ1) is 15.3. The minimum absolute atomic E-state index is 0.366. The van der Waals surface area contributed by atoms with E-state index >= 15 is 0 Å². The van der Waals surface area contributed by atoms with Gasteiger partial charge in [-0.1, -0.05) is 0 Å². The van der Waals surface area contributed by atoms with Crippen LogP contribution in [0.15, 0.2) is 24.7 Å². The Bertz CT molecular complexity index is 888. The molecule has 1 aromatic carbocycles. The normalized spacial score (nSPS) is 19.3. The number of benzene rings is 1. The Morgan fingerprint density at radius 1 is 1.08 bits per heavy atom. The highest BCUT2D eigenvalue weighted by atomic mass is 19.1. The van der Waals surface area contributed by atoms with E-state index in [1.54, 1.807) is 18.6 Å². The maximum Gasteiger partial charge on any atom is 0.497 e. The summed E-state index contributed by atoms with van der Waals surface area (Å²) >= 11 is 0. The molecule has 24 heavy (non-hydrogen) atoms. The maximum absolute atomic E-state index is 14.9. The molecule has 1 saturated heterocycles. The van der Waals surface area contributed by atoms with E-state index < -0.39 is 18.3 Å². The third-order valence-electron chi connectivity index (χ3n) is 5.01. The number of halogens is 1. The molecule has 0 unspecified atom stereocenters. The van der Waals surface area contributed by atoms with Crippen molar-refractivity contribution in [1.29, 1.82) is 0 Å². The van der Waals surface area contributed by atoms with E-state index in [1.807, 2.05) is 27.7 Å². The zero-order valence-corrected chi connectivity index (χ0v) is 14.0. The van der Waals surface area contributed by atoms with Gasteiger partial charge in [-0.15, -0.1) is 0 Å². The van der Waals surface area contributed by atoms with Crippen LogP contribution in [0.25, 0.3) is 22.0 Å². The van der Waals surface area contributed by atoms with Gasteiger partial charge in [0.15, 0.2) is 0 Å². The number of hydrogen-bond acceptors (Lipinski definition) is 4. The number of rotatable bonds is 2. The Kier molecular flexibility index (Phi) is 3.14. The van der Waals surface area contributed by atoms with E-state index in [1.165, 1.54) is 6.07 Å². The fourth-order valence-electron chi connectivity index (χ4n) is 2.94. The molecular weight excluding hydrogens is 310 g/mol. The van der Waals surface area contributed by atoms with Crippen molar-refractivity contribution in [1.82, 2.24) is 20.4 Å². The molecule has 3 heterocycles. The number of nitrogens with one attached hydrogen (secondary N) is 2. The monoisotopic (exact) mass is 328 g/mol. The first-order valence-corrected chi connectivity index (χ1v) is 7.80. The molecule has 1 aliphatic heterocycles. The van der Waals surface area contributed by atoms with Gasteiger partial charge in [-0.05, 0) is 33.8 Å². The summed E-state index contributed by atoms with van der Waals surface area (Å²) in [4.78, 5) is 0. The molecule has 8 heteroatoms. The van der Waals surface area contributed by atoms with Crippen LogP contribution in [-0.4, -0.2) is 38.7 Å². The lowest BCUT2D eigenvalue weighted by Crippen LogP contribution is -2.41. The van der Waals surface area contributed by atoms with Crippen molar-refractivity contribution in [3.05, 3.63) is 30.5 Å². The summed E-state index contributed by atoms with van der Waals surface area (Å²) in [6.07, 6.45) is 4.84. The number of aromatic nitrogens is 4. The van der Waals surface area contributed by atoms with Crippen LogP contribution in [0.5, 0.6) is 0 Å². The molecule has 4 rings (SSSR count). The largest absolute Gasteiger partial charge is 0.497 e. The summed E-state index contributed by atoms with van der Waals surface area (Å²) in [6.45, 7) is 7.86. The smallest absolute Gasteiger partial charge is 0.399 e. The average Bonchev–Trinajstić information content (AvgIpc) is 3.18. The fraction of sp³-hybridized carbons (Fsp3) is 0.375. The Morgan fingerprint density at radius 3 is 2.42 bits per heavy atom. The van der Waals surface area contributed by atoms with E-state index in [0.717, 1.165) is 0 Å². The van der Waals surface area contributed by atoms with Crippen molar-refractivity contribution < 1.29 is 13.7 Å².